The molecule has 2 heterocycles. The number of hydrogen-bond donors (Lipinski definition) is 3. The van der Waals surface area contributed by atoms with Crippen molar-refractivity contribution < 1.29 is 18.7 Å². The number of hydrogen-bond acceptors (Lipinski definition) is 5. The maximum Gasteiger partial charge on any atom is 0.269 e. The third-order valence-electron chi connectivity index (χ3n) is 6.67. The predicted molar refractivity (Wildman–Crippen MR) is 145 cm³/mol. The number of nitrogens with one attached hydrogen (secondary N) is 3. The summed E-state index contributed by atoms with van der Waals surface area (Å²) in [7, 11) is 0. The van der Waals surface area contributed by atoms with Crippen LogP contribution in [0.5, 0.6) is 5.75 Å². The van der Waals surface area contributed by atoms with Gasteiger partial charge in [-0.05, 0) is 70.1 Å². The number of ether oxygens (including phenoxy) is 1. The fourth-order valence-corrected chi connectivity index (χ4v) is 4.64. The van der Waals surface area contributed by atoms with E-state index in [1.807, 2.05) is 6.92 Å². The van der Waals surface area contributed by atoms with E-state index in [1.54, 1.807) is 36.4 Å². The fraction of sp³-hybridized carbons (Fsp3) is 0.414. The van der Waals surface area contributed by atoms with Crippen LogP contribution in [0.2, 0.25) is 0 Å². The second kappa shape index (κ2) is 13.7. The Morgan fingerprint density at radius 3 is 2.50 bits per heavy atom. The molecule has 202 valence electrons. The second-order valence-electron chi connectivity index (χ2n) is 9.47. The lowest BCUT2D eigenvalue weighted by atomic mass is 10.0. The highest BCUT2D eigenvalue weighted by molar-refractivity contribution is 5.96. The van der Waals surface area contributed by atoms with E-state index in [0.717, 1.165) is 31.6 Å². The van der Waals surface area contributed by atoms with Crippen LogP contribution in [0.25, 0.3) is 11.3 Å². The SMILES string of the molecule is CCNC(=O)c1ccc(-c2n[nH]c(C(=O)NCCCN3CCCCCC3)c2COc2cccc(F)c2)cc1. The van der Waals surface area contributed by atoms with Gasteiger partial charge < -0.3 is 20.3 Å². The van der Waals surface area contributed by atoms with Gasteiger partial charge in [-0.25, -0.2) is 4.39 Å². The number of carbonyl (C=O) groups excluding carboxylic acids is 2. The molecule has 0 bridgehead atoms. The van der Waals surface area contributed by atoms with E-state index in [9.17, 15) is 14.0 Å². The van der Waals surface area contributed by atoms with Gasteiger partial charge in [-0.3, -0.25) is 14.7 Å². The highest BCUT2D eigenvalue weighted by Crippen LogP contribution is 2.26. The Bertz CT molecular complexity index is 1200. The quantitative estimate of drug-likeness (QED) is 0.322. The van der Waals surface area contributed by atoms with Crippen molar-refractivity contribution in [1.82, 2.24) is 25.7 Å². The normalized spacial score (nSPS) is 14.1. The van der Waals surface area contributed by atoms with Crippen LogP contribution >= 0.6 is 0 Å². The molecular weight excluding hydrogens is 485 g/mol. The summed E-state index contributed by atoms with van der Waals surface area (Å²) >= 11 is 0. The van der Waals surface area contributed by atoms with Crippen LogP contribution in [0, 0.1) is 5.82 Å². The minimum atomic E-state index is -0.404. The molecule has 8 nitrogen and oxygen atoms in total. The monoisotopic (exact) mass is 521 g/mol. The Morgan fingerprint density at radius 2 is 1.79 bits per heavy atom. The number of rotatable bonds is 11. The number of aromatic amines is 1. The summed E-state index contributed by atoms with van der Waals surface area (Å²) in [4.78, 5) is 27.7. The van der Waals surface area contributed by atoms with Gasteiger partial charge in [0, 0.05) is 35.8 Å². The molecule has 0 radical (unpaired) electrons. The third-order valence-corrected chi connectivity index (χ3v) is 6.67. The summed E-state index contributed by atoms with van der Waals surface area (Å²) in [6.45, 7) is 6.18. The summed E-state index contributed by atoms with van der Waals surface area (Å²) in [5, 5.41) is 13.1. The topological polar surface area (TPSA) is 99.3 Å². The molecule has 3 aromatic rings. The molecule has 4 rings (SSSR count). The maximum absolute atomic E-state index is 13.7. The molecule has 1 aliphatic heterocycles. The molecule has 38 heavy (non-hydrogen) atoms. The van der Waals surface area contributed by atoms with Crippen LogP contribution < -0.4 is 15.4 Å². The average Bonchev–Trinajstić information content (AvgIpc) is 3.17. The van der Waals surface area contributed by atoms with Crippen LogP contribution in [0.4, 0.5) is 4.39 Å². The molecule has 2 amide bonds. The van der Waals surface area contributed by atoms with Crippen molar-refractivity contribution in [2.45, 2.75) is 45.6 Å². The van der Waals surface area contributed by atoms with E-state index in [0.29, 0.717) is 41.4 Å². The van der Waals surface area contributed by atoms with Crippen molar-refractivity contribution in [3.8, 4) is 17.0 Å². The van der Waals surface area contributed by atoms with Gasteiger partial charge in [-0.15, -0.1) is 0 Å². The largest absolute Gasteiger partial charge is 0.489 e. The number of aromatic nitrogens is 2. The number of nitrogens with zero attached hydrogens (tertiary/aromatic N) is 2. The van der Waals surface area contributed by atoms with Crippen LogP contribution in [-0.2, 0) is 6.61 Å². The molecule has 0 saturated carbocycles. The standard InChI is InChI=1S/C29H36FN5O3/c1-2-31-28(36)22-13-11-21(12-14-22)26-25(20-38-24-10-7-9-23(30)19-24)27(34-33-26)29(37)32-15-8-18-35-16-5-3-4-6-17-35/h7,9-14,19H,2-6,8,15-18,20H2,1H3,(H,31,36)(H,32,37)(H,33,34). The smallest absolute Gasteiger partial charge is 0.269 e. The lowest BCUT2D eigenvalue weighted by Gasteiger charge is -2.19. The van der Waals surface area contributed by atoms with Crippen molar-refractivity contribution in [3.63, 3.8) is 0 Å². The summed E-state index contributed by atoms with van der Waals surface area (Å²) in [5.74, 6) is -0.474. The summed E-state index contributed by atoms with van der Waals surface area (Å²) < 4.78 is 19.5. The van der Waals surface area contributed by atoms with E-state index in [4.69, 9.17) is 4.74 Å². The van der Waals surface area contributed by atoms with E-state index in [-0.39, 0.29) is 18.4 Å². The van der Waals surface area contributed by atoms with E-state index >= 15 is 0 Å². The molecule has 2 aromatic carbocycles. The maximum atomic E-state index is 13.7. The Balaban J connectivity index is 1.47. The minimum absolute atomic E-state index is 0.0177. The van der Waals surface area contributed by atoms with Crippen LogP contribution in [0.3, 0.4) is 0 Å². The zero-order valence-electron chi connectivity index (χ0n) is 21.9. The number of halogens is 1. The van der Waals surface area contributed by atoms with Gasteiger partial charge in [0.25, 0.3) is 11.8 Å². The van der Waals surface area contributed by atoms with Gasteiger partial charge in [0.15, 0.2) is 0 Å². The van der Waals surface area contributed by atoms with Gasteiger partial charge >= 0.3 is 0 Å². The Hall–Kier alpha value is -3.72. The van der Waals surface area contributed by atoms with E-state index < -0.39 is 5.82 Å². The molecule has 9 heteroatoms. The molecule has 1 fully saturated rings. The molecule has 0 spiro atoms. The fourth-order valence-electron chi connectivity index (χ4n) is 4.64. The molecule has 1 aliphatic rings. The first-order valence-corrected chi connectivity index (χ1v) is 13.4. The molecular formula is C29H36FN5O3. The van der Waals surface area contributed by atoms with Gasteiger partial charge in [-0.2, -0.15) is 5.10 Å². The van der Waals surface area contributed by atoms with Gasteiger partial charge in [0.2, 0.25) is 0 Å². The van der Waals surface area contributed by atoms with Gasteiger partial charge in [-0.1, -0.05) is 31.0 Å². The number of carbonyl (C=O) groups is 2. The van der Waals surface area contributed by atoms with Crippen molar-refractivity contribution in [1.29, 1.82) is 0 Å². The van der Waals surface area contributed by atoms with Crippen molar-refractivity contribution >= 4 is 11.8 Å². The molecule has 1 saturated heterocycles. The van der Waals surface area contributed by atoms with Crippen LogP contribution in [0.1, 0.15) is 65.4 Å². The Morgan fingerprint density at radius 1 is 1.03 bits per heavy atom. The summed E-state index contributed by atoms with van der Waals surface area (Å²) in [6, 6.07) is 12.9. The molecule has 0 aliphatic carbocycles. The third kappa shape index (κ3) is 7.41. The number of H-pyrrole nitrogens is 1. The van der Waals surface area contributed by atoms with Gasteiger partial charge in [0.1, 0.15) is 23.9 Å². The molecule has 1 aromatic heterocycles. The van der Waals surface area contributed by atoms with Crippen molar-refractivity contribution in [2.75, 3.05) is 32.7 Å². The minimum Gasteiger partial charge on any atom is -0.489 e. The van der Waals surface area contributed by atoms with Gasteiger partial charge in [0.05, 0.1) is 5.69 Å². The Kier molecular flexibility index (Phi) is 9.86. The van der Waals surface area contributed by atoms with Crippen molar-refractivity contribution in [3.05, 3.63) is 71.2 Å². The zero-order chi connectivity index (χ0) is 26.7. The lowest BCUT2D eigenvalue weighted by molar-refractivity contribution is 0.0940. The Labute approximate surface area is 223 Å². The first-order valence-electron chi connectivity index (χ1n) is 13.4. The van der Waals surface area contributed by atoms with E-state index in [1.165, 1.54) is 37.8 Å². The highest BCUT2D eigenvalue weighted by Gasteiger charge is 2.21. The lowest BCUT2D eigenvalue weighted by Crippen LogP contribution is -2.31. The number of benzene rings is 2. The zero-order valence-corrected chi connectivity index (χ0v) is 21.9. The molecule has 3 N–H and O–H groups in total. The molecule has 0 unspecified atom stereocenters. The first-order chi connectivity index (χ1) is 18.5. The highest BCUT2D eigenvalue weighted by atomic mass is 19.1. The van der Waals surface area contributed by atoms with E-state index in [2.05, 4.69) is 25.7 Å². The van der Waals surface area contributed by atoms with Crippen LogP contribution in [0.15, 0.2) is 48.5 Å². The summed E-state index contributed by atoms with van der Waals surface area (Å²) in [5.41, 5.74) is 2.67. The van der Waals surface area contributed by atoms with Crippen molar-refractivity contribution in [2.24, 2.45) is 0 Å². The second-order valence-corrected chi connectivity index (χ2v) is 9.47. The summed E-state index contributed by atoms with van der Waals surface area (Å²) in [6.07, 6.45) is 5.93. The average molecular weight is 522 g/mol. The first kappa shape index (κ1) is 27.3. The number of amides is 2. The van der Waals surface area contributed by atoms with Crippen LogP contribution in [-0.4, -0.2) is 59.6 Å². The predicted octanol–water partition coefficient (Wildman–Crippen LogP) is 4.54. The number of likely N-dealkylation sites (tertiary alicyclic amines) is 1. The molecule has 0 atom stereocenters.